The maximum Gasteiger partial charge on any atom is 0.0687 e. The number of hydrogen-bond donors (Lipinski definition) is 2. The van der Waals surface area contributed by atoms with Crippen LogP contribution in [-0.2, 0) is 9.47 Å². The maximum atomic E-state index is 10.6. The summed E-state index contributed by atoms with van der Waals surface area (Å²) < 4.78 is 11.4. The molecule has 0 radical (unpaired) electrons. The van der Waals surface area contributed by atoms with E-state index in [1.807, 2.05) is 6.92 Å². The summed E-state index contributed by atoms with van der Waals surface area (Å²) in [6.07, 6.45) is 10.5. The van der Waals surface area contributed by atoms with Crippen molar-refractivity contribution in [2.24, 2.45) is 0 Å². The summed E-state index contributed by atoms with van der Waals surface area (Å²) in [5, 5.41) is 13.9. The van der Waals surface area contributed by atoms with Gasteiger partial charge < -0.3 is 19.9 Å². The molecule has 2 atom stereocenters. The van der Waals surface area contributed by atoms with Gasteiger partial charge in [0.1, 0.15) is 0 Å². The molecule has 1 spiro atoms. The average molecular weight is 299 g/mol. The smallest absolute Gasteiger partial charge is 0.0687 e. The van der Waals surface area contributed by atoms with Crippen LogP contribution in [0.4, 0.5) is 0 Å². The van der Waals surface area contributed by atoms with E-state index < -0.39 is 5.60 Å². The lowest BCUT2D eigenvalue weighted by Gasteiger charge is -2.34. The highest BCUT2D eigenvalue weighted by molar-refractivity contribution is 4.93. The number of aliphatic hydroxyl groups is 1. The van der Waals surface area contributed by atoms with Crippen molar-refractivity contribution in [1.29, 1.82) is 0 Å². The van der Waals surface area contributed by atoms with Crippen molar-refractivity contribution in [2.45, 2.75) is 82.0 Å². The van der Waals surface area contributed by atoms with Gasteiger partial charge >= 0.3 is 0 Å². The molecule has 2 rings (SSSR count). The first kappa shape index (κ1) is 17.2. The van der Waals surface area contributed by atoms with Crippen molar-refractivity contribution in [1.82, 2.24) is 5.32 Å². The summed E-state index contributed by atoms with van der Waals surface area (Å²) in [7, 11) is 1.70. The highest BCUT2D eigenvalue weighted by Gasteiger charge is 2.42. The van der Waals surface area contributed by atoms with Crippen molar-refractivity contribution in [3.63, 3.8) is 0 Å². The lowest BCUT2D eigenvalue weighted by Crippen LogP contribution is -2.36. The second-order valence-electron chi connectivity index (χ2n) is 7.22. The zero-order chi connectivity index (χ0) is 15.2. The molecule has 2 aliphatic rings. The molecule has 21 heavy (non-hydrogen) atoms. The summed E-state index contributed by atoms with van der Waals surface area (Å²) in [6.45, 7) is 4.33. The molecule has 124 valence electrons. The van der Waals surface area contributed by atoms with Crippen molar-refractivity contribution in [2.75, 3.05) is 26.8 Å². The van der Waals surface area contributed by atoms with Crippen LogP contribution in [0.3, 0.4) is 0 Å². The fourth-order valence-electron chi connectivity index (χ4n) is 3.85. The second-order valence-corrected chi connectivity index (χ2v) is 7.22. The van der Waals surface area contributed by atoms with E-state index in [1.54, 1.807) is 7.11 Å². The third kappa shape index (κ3) is 5.51. The fourth-order valence-corrected chi connectivity index (χ4v) is 3.85. The van der Waals surface area contributed by atoms with E-state index in [2.05, 4.69) is 5.32 Å². The van der Waals surface area contributed by atoms with E-state index in [1.165, 1.54) is 38.5 Å². The minimum Gasteiger partial charge on any atom is -0.390 e. The first-order valence-corrected chi connectivity index (χ1v) is 8.65. The van der Waals surface area contributed by atoms with Crippen LogP contribution in [0.25, 0.3) is 0 Å². The summed E-state index contributed by atoms with van der Waals surface area (Å²) >= 11 is 0. The molecule has 0 aromatic rings. The molecule has 4 heteroatoms. The van der Waals surface area contributed by atoms with Crippen molar-refractivity contribution in [3.8, 4) is 0 Å². The monoisotopic (exact) mass is 299 g/mol. The molecule has 0 aromatic carbocycles. The summed E-state index contributed by atoms with van der Waals surface area (Å²) in [6, 6.07) is 0. The van der Waals surface area contributed by atoms with Gasteiger partial charge in [0.25, 0.3) is 0 Å². The Morgan fingerprint density at radius 3 is 2.71 bits per heavy atom. The minimum atomic E-state index is -0.634. The quantitative estimate of drug-likeness (QED) is 0.677. The molecular weight excluding hydrogens is 266 g/mol. The Kier molecular flexibility index (Phi) is 6.48. The largest absolute Gasteiger partial charge is 0.390 e. The molecule has 2 N–H and O–H groups in total. The molecule has 0 aromatic heterocycles. The Balaban J connectivity index is 1.68. The molecule has 1 heterocycles. The Hall–Kier alpha value is -0.160. The number of nitrogens with one attached hydrogen (secondary N) is 1. The molecule has 0 bridgehead atoms. The first-order valence-electron chi connectivity index (χ1n) is 8.65. The van der Waals surface area contributed by atoms with Crippen LogP contribution >= 0.6 is 0 Å². The van der Waals surface area contributed by atoms with Crippen LogP contribution in [0.1, 0.15) is 64.7 Å². The number of ether oxygens (including phenoxy) is 2. The molecule has 4 nitrogen and oxygen atoms in total. The molecule has 1 aliphatic heterocycles. The fraction of sp³-hybridized carbons (Fsp3) is 1.00. The van der Waals surface area contributed by atoms with Crippen molar-refractivity contribution >= 4 is 0 Å². The van der Waals surface area contributed by atoms with Crippen LogP contribution in [0.5, 0.6) is 0 Å². The van der Waals surface area contributed by atoms with Crippen LogP contribution < -0.4 is 5.32 Å². The summed E-state index contributed by atoms with van der Waals surface area (Å²) in [5.74, 6) is 0. The molecule has 2 fully saturated rings. The van der Waals surface area contributed by atoms with Gasteiger partial charge in [0.2, 0.25) is 0 Å². The molecule has 2 unspecified atom stereocenters. The van der Waals surface area contributed by atoms with Gasteiger partial charge in [-0.15, -0.1) is 0 Å². The summed E-state index contributed by atoms with van der Waals surface area (Å²) in [5.41, 5.74) is -0.472. The third-order valence-electron chi connectivity index (χ3n) is 5.09. The van der Waals surface area contributed by atoms with Gasteiger partial charge in [0, 0.05) is 20.1 Å². The molecule has 0 amide bonds. The second kappa shape index (κ2) is 7.91. The normalized spacial score (nSPS) is 27.9. The zero-order valence-corrected chi connectivity index (χ0v) is 13.8. The highest BCUT2D eigenvalue weighted by Crippen LogP contribution is 2.43. The number of methoxy groups -OCH3 is 1. The van der Waals surface area contributed by atoms with E-state index in [-0.39, 0.29) is 11.7 Å². The Labute approximate surface area is 129 Å². The van der Waals surface area contributed by atoms with Gasteiger partial charge in [-0.3, -0.25) is 0 Å². The minimum absolute atomic E-state index is 0.162. The van der Waals surface area contributed by atoms with Crippen molar-refractivity contribution < 1.29 is 14.6 Å². The van der Waals surface area contributed by atoms with E-state index in [0.717, 1.165) is 39.0 Å². The van der Waals surface area contributed by atoms with Gasteiger partial charge in [-0.25, -0.2) is 0 Å². The van der Waals surface area contributed by atoms with Crippen molar-refractivity contribution in [3.05, 3.63) is 0 Å². The predicted molar refractivity (Wildman–Crippen MR) is 84.5 cm³/mol. The maximum absolute atomic E-state index is 10.6. The Morgan fingerprint density at radius 2 is 2.00 bits per heavy atom. The van der Waals surface area contributed by atoms with Crippen LogP contribution in [0, 0.1) is 0 Å². The van der Waals surface area contributed by atoms with Crippen LogP contribution in [0.2, 0.25) is 0 Å². The van der Waals surface area contributed by atoms with Gasteiger partial charge in [-0.05, 0) is 45.6 Å². The van der Waals surface area contributed by atoms with Gasteiger partial charge in [0.15, 0.2) is 0 Å². The van der Waals surface area contributed by atoms with Crippen LogP contribution in [-0.4, -0.2) is 49.2 Å². The van der Waals surface area contributed by atoms with Gasteiger partial charge in [-0.1, -0.05) is 19.3 Å². The first-order chi connectivity index (χ1) is 10.1. The third-order valence-corrected chi connectivity index (χ3v) is 5.09. The topological polar surface area (TPSA) is 50.7 Å². The standard InChI is InChI=1S/C17H33NO3/c1-16(19,10-11-18-12-13-20-2)14-15-6-9-17(21-15)7-4-3-5-8-17/h15,18-19H,3-14H2,1-2H3. The highest BCUT2D eigenvalue weighted by atomic mass is 16.5. The average Bonchev–Trinajstić information content (AvgIpc) is 2.81. The van der Waals surface area contributed by atoms with Gasteiger partial charge in [0.05, 0.1) is 23.9 Å². The Bertz CT molecular complexity index is 300. The molecule has 1 saturated heterocycles. The van der Waals surface area contributed by atoms with E-state index in [0.29, 0.717) is 0 Å². The zero-order valence-electron chi connectivity index (χ0n) is 13.8. The molecule has 1 saturated carbocycles. The summed E-state index contributed by atoms with van der Waals surface area (Å²) in [4.78, 5) is 0. The van der Waals surface area contributed by atoms with E-state index >= 15 is 0 Å². The van der Waals surface area contributed by atoms with E-state index in [9.17, 15) is 5.11 Å². The lowest BCUT2D eigenvalue weighted by atomic mass is 9.83. The Morgan fingerprint density at radius 1 is 1.24 bits per heavy atom. The van der Waals surface area contributed by atoms with Gasteiger partial charge in [-0.2, -0.15) is 0 Å². The van der Waals surface area contributed by atoms with E-state index in [4.69, 9.17) is 9.47 Å². The van der Waals surface area contributed by atoms with Crippen LogP contribution in [0.15, 0.2) is 0 Å². The SMILES string of the molecule is COCCNCCC(C)(O)CC1CCC2(CCCCC2)O1. The number of hydrogen-bond acceptors (Lipinski definition) is 4. The lowest BCUT2D eigenvalue weighted by molar-refractivity contribution is -0.0906. The molecular formula is C17H33NO3. The molecule has 1 aliphatic carbocycles. The predicted octanol–water partition coefficient (Wildman–Crippen LogP) is 2.64. The number of rotatable bonds is 8.